The van der Waals surface area contributed by atoms with Crippen molar-refractivity contribution in [2.24, 2.45) is 0 Å². The van der Waals surface area contributed by atoms with Gasteiger partial charge in [0.05, 0.1) is 4.90 Å². The summed E-state index contributed by atoms with van der Waals surface area (Å²) in [5.41, 5.74) is 0. The lowest BCUT2D eigenvalue weighted by molar-refractivity contribution is -0.0479. The minimum atomic E-state index is 0.647. The van der Waals surface area contributed by atoms with Crippen LogP contribution in [-0.4, -0.2) is 12.7 Å². The topological polar surface area (TPSA) is 2.70 Å². The first kappa shape index (κ1) is 10.1. The first-order chi connectivity index (χ1) is 6.86. The zero-order chi connectivity index (χ0) is 9.80. The van der Waals surface area contributed by atoms with E-state index in [0.717, 1.165) is 6.61 Å². The van der Waals surface area contributed by atoms with Crippen LogP contribution in [-0.2, 0) is 3.81 Å². The maximum absolute atomic E-state index is 3.34. The molecule has 0 aliphatic carbocycles. The molecule has 1 aliphatic rings. The molecule has 2 heteroatoms. The van der Waals surface area contributed by atoms with Gasteiger partial charge in [0, 0.05) is 19.8 Å². The van der Waals surface area contributed by atoms with E-state index in [1.807, 2.05) is 12.0 Å². The van der Waals surface area contributed by atoms with Crippen molar-refractivity contribution in [1.29, 1.82) is 0 Å². The van der Waals surface area contributed by atoms with Gasteiger partial charge in [-0.15, -0.1) is 0 Å². The highest BCUT2D eigenvalue weighted by Crippen LogP contribution is 2.34. The Morgan fingerprint density at radius 2 is 2.00 bits per heavy atom. The second-order valence-corrected chi connectivity index (χ2v) is 4.85. The van der Waals surface area contributed by atoms with Crippen LogP contribution in [0.5, 0.6) is 0 Å². The summed E-state index contributed by atoms with van der Waals surface area (Å²) in [6, 6.07) is 10.6. The van der Waals surface area contributed by atoms with E-state index in [-0.39, 0.29) is 0 Å². The predicted molar refractivity (Wildman–Crippen MR) is 61.6 cm³/mol. The highest BCUT2D eigenvalue weighted by molar-refractivity contribution is 7.95. The summed E-state index contributed by atoms with van der Waals surface area (Å²) in [6.07, 6.45) is 4.65. The maximum Gasteiger partial charge on any atom is 0.225 e. The summed E-state index contributed by atoms with van der Waals surface area (Å²) >= 11 is 1.82. The van der Waals surface area contributed by atoms with Crippen LogP contribution in [0, 0.1) is 0 Å². The summed E-state index contributed by atoms with van der Waals surface area (Å²) in [5, 5.41) is 0. The summed E-state index contributed by atoms with van der Waals surface area (Å²) in [7, 11) is 0. The smallest absolute Gasteiger partial charge is 0.225 e. The fourth-order valence-electron chi connectivity index (χ4n) is 1.73. The largest absolute Gasteiger partial charge is 0.342 e. The average Bonchev–Trinajstić information content (AvgIpc) is 2.23. The Kier molecular flexibility index (Phi) is 3.49. The lowest BCUT2D eigenvalue weighted by Crippen LogP contribution is -2.24. The molecule has 1 nitrogen and oxygen atoms in total. The molecule has 0 amide bonds. The lowest BCUT2D eigenvalue weighted by atomic mass is 10.1. The van der Waals surface area contributed by atoms with E-state index in [4.69, 9.17) is 0 Å². The molecule has 2 rings (SSSR count). The monoisotopic (exact) mass is 209 g/mol. The molecule has 0 radical (unpaired) electrons. The Balaban J connectivity index is 1.96. The van der Waals surface area contributed by atoms with Crippen molar-refractivity contribution >= 4 is 12.0 Å². The van der Waals surface area contributed by atoms with Gasteiger partial charge in [0.25, 0.3) is 0 Å². The highest BCUT2D eigenvalue weighted by atomic mass is 32.2. The van der Waals surface area contributed by atoms with Gasteiger partial charge in [-0.3, -0.25) is 0 Å². The SMILES string of the molecule is CC1CCCC[O+]1Sc1ccccc1. The average molecular weight is 209 g/mol. The summed E-state index contributed by atoms with van der Waals surface area (Å²) in [4.78, 5) is 1.33. The third-order valence-electron chi connectivity index (χ3n) is 2.60. The molecule has 0 saturated carbocycles. The van der Waals surface area contributed by atoms with E-state index in [1.54, 1.807) is 0 Å². The molecule has 0 N–H and O–H groups in total. The molecule has 0 bridgehead atoms. The van der Waals surface area contributed by atoms with Crippen molar-refractivity contribution in [2.45, 2.75) is 37.2 Å². The highest BCUT2D eigenvalue weighted by Gasteiger charge is 2.25. The number of hydrogen-bond acceptors (Lipinski definition) is 1. The molecular weight excluding hydrogens is 192 g/mol. The quantitative estimate of drug-likeness (QED) is 0.528. The Bertz CT molecular complexity index is 273. The van der Waals surface area contributed by atoms with Crippen LogP contribution in [0.1, 0.15) is 26.2 Å². The minimum Gasteiger partial charge on any atom is -0.342 e. The van der Waals surface area contributed by atoms with Gasteiger partial charge >= 0.3 is 0 Å². The van der Waals surface area contributed by atoms with Crippen LogP contribution in [0.25, 0.3) is 0 Å². The Hall–Kier alpha value is -0.470. The summed E-state index contributed by atoms with van der Waals surface area (Å²) in [6.45, 7) is 3.44. The predicted octanol–water partition coefficient (Wildman–Crippen LogP) is 3.82. The van der Waals surface area contributed by atoms with E-state index in [9.17, 15) is 0 Å². The third kappa shape index (κ3) is 2.52. The van der Waals surface area contributed by atoms with Gasteiger partial charge in [0.2, 0.25) is 12.0 Å². The molecule has 1 aliphatic heterocycles. The van der Waals surface area contributed by atoms with E-state index >= 15 is 0 Å². The third-order valence-corrected chi connectivity index (χ3v) is 3.78. The molecule has 0 aromatic heterocycles. The van der Waals surface area contributed by atoms with Crippen molar-refractivity contribution < 1.29 is 3.81 Å². The second-order valence-electron chi connectivity index (χ2n) is 3.79. The van der Waals surface area contributed by atoms with Gasteiger partial charge in [-0.05, 0) is 18.6 Å². The van der Waals surface area contributed by atoms with Gasteiger partial charge < -0.3 is 3.81 Å². The summed E-state index contributed by atoms with van der Waals surface area (Å²) < 4.78 is 3.34. The molecular formula is C12H17OS+. The zero-order valence-electron chi connectivity index (χ0n) is 8.61. The van der Waals surface area contributed by atoms with Gasteiger partial charge in [-0.25, -0.2) is 0 Å². The van der Waals surface area contributed by atoms with Gasteiger partial charge in [0.1, 0.15) is 0 Å². The van der Waals surface area contributed by atoms with Crippen molar-refractivity contribution in [3.63, 3.8) is 0 Å². The fourth-order valence-corrected chi connectivity index (χ4v) is 2.71. The molecule has 1 unspecified atom stereocenters. The van der Waals surface area contributed by atoms with Crippen molar-refractivity contribution in [3.05, 3.63) is 30.3 Å². The standard InChI is InChI=1S/C12H17OS/c1-11-7-5-6-10-13(11)14-12-8-3-2-4-9-12/h2-4,8-9,11H,5-7,10H2,1H3/q+1. The summed E-state index contributed by atoms with van der Waals surface area (Å²) in [5.74, 6) is 0. The second kappa shape index (κ2) is 4.85. The molecule has 0 spiro atoms. The normalized spacial score (nSPS) is 23.6. The molecule has 1 heterocycles. The molecule has 1 aromatic carbocycles. The van der Waals surface area contributed by atoms with Gasteiger partial charge in [-0.2, -0.15) is 0 Å². The first-order valence-electron chi connectivity index (χ1n) is 5.29. The Labute approximate surface area is 90.4 Å². The number of hydrogen-bond donors (Lipinski definition) is 0. The number of rotatable bonds is 2. The molecule has 1 saturated heterocycles. The molecule has 14 heavy (non-hydrogen) atoms. The van der Waals surface area contributed by atoms with Crippen LogP contribution in [0.4, 0.5) is 0 Å². The van der Waals surface area contributed by atoms with E-state index < -0.39 is 0 Å². The van der Waals surface area contributed by atoms with Crippen molar-refractivity contribution in [3.8, 4) is 0 Å². The Morgan fingerprint density at radius 1 is 1.21 bits per heavy atom. The van der Waals surface area contributed by atoms with E-state index in [1.165, 1.54) is 24.2 Å². The van der Waals surface area contributed by atoms with Gasteiger partial charge in [0.15, 0.2) is 12.7 Å². The van der Waals surface area contributed by atoms with Gasteiger partial charge in [-0.1, -0.05) is 18.2 Å². The van der Waals surface area contributed by atoms with Crippen LogP contribution >= 0.6 is 12.0 Å². The molecule has 1 fully saturated rings. The van der Waals surface area contributed by atoms with Crippen molar-refractivity contribution in [2.75, 3.05) is 6.61 Å². The molecule has 1 aromatic rings. The Morgan fingerprint density at radius 3 is 2.71 bits per heavy atom. The van der Waals surface area contributed by atoms with Crippen LogP contribution < -0.4 is 0 Å². The lowest BCUT2D eigenvalue weighted by Gasteiger charge is -2.26. The zero-order valence-corrected chi connectivity index (χ0v) is 9.43. The maximum atomic E-state index is 3.34. The minimum absolute atomic E-state index is 0.647. The first-order valence-corrected chi connectivity index (χ1v) is 6.03. The van der Waals surface area contributed by atoms with E-state index in [2.05, 4.69) is 41.1 Å². The van der Waals surface area contributed by atoms with Crippen molar-refractivity contribution in [1.82, 2.24) is 0 Å². The molecule has 1 atom stereocenters. The van der Waals surface area contributed by atoms with E-state index in [0.29, 0.717) is 6.10 Å². The number of benzene rings is 1. The molecule has 76 valence electrons. The fraction of sp³-hybridized carbons (Fsp3) is 0.500. The van der Waals surface area contributed by atoms with Crippen LogP contribution in [0.3, 0.4) is 0 Å². The van der Waals surface area contributed by atoms with Crippen LogP contribution in [0.15, 0.2) is 35.2 Å². The van der Waals surface area contributed by atoms with Crippen LogP contribution in [0.2, 0.25) is 0 Å².